The van der Waals surface area contributed by atoms with Gasteiger partial charge >= 0.3 is 0 Å². The van der Waals surface area contributed by atoms with Gasteiger partial charge in [0.25, 0.3) is 5.56 Å². The van der Waals surface area contributed by atoms with Crippen LogP contribution in [0, 0.1) is 23.0 Å². The third kappa shape index (κ3) is 2.57. The standard InChI is InChI=1S/C19H15N3OS/c1-13-8-10-14(11-9-13)17-16(12-20)18(23)22(19(24)21(17)2)15-6-4-3-5-7-15/h3-11H,1-2H3. The second kappa shape index (κ2) is 6.26. The Morgan fingerprint density at radius 3 is 2.25 bits per heavy atom. The molecule has 0 fully saturated rings. The molecule has 0 aliphatic rings. The highest BCUT2D eigenvalue weighted by atomic mass is 32.1. The Labute approximate surface area is 144 Å². The molecule has 5 heteroatoms. The molecule has 4 nitrogen and oxygen atoms in total. The molecule has 0 atom stereocenters. The highest BCUT2D eigenvalue weighted by Crippen LogP contribution is 2.22. The summed E-state index contributed by atoms with van der Waals surface area (Å²) < 4.78 is 3.46. The molecule has 0 unspecified atom stereocenters. The molecule has 0 aliphatic heterocycles. The van der Waals surface area contributed by atoms with Crippen molar-refractivity contribution in [2.45, 2.75) is 6.92 Å². The number of hydrogen-bond donors (Lipinski definition) is 0. The van der Waals surface area contributed by atoms with Crippen LogP contribution in [-0.4, -0.2) is 9.13 Å². The van der Waals surface area contributed by atoms with E-state index in [1.807, 2.05) is 49.4 Å². The summed E-state index contributed by atoms with van der Waals surface area (Å²) in [6.45, 7) is 1.99. The summed E-state index contributed by atoms with van der Waals surface area (Å²) in [7, 11) is 1.78. The van der Waals surface area contributed by atoms with Gasteiger partial charge in [-0.05, 0) is 36.8 Å². The summed E-state index contributed by atoms with van der Waals surface area (Å²) in [6, 6.07) is 18.9. The lowest BCUT2D eigenvalue weighted by Gasteiger charge is -2.16. The van der Waals surface area contributed by atoms with Crippen LogP contribution in [-0.2, 0) is 7.05 Å². The van der Waals surface area contributed by atoms with Crippen molar-refractivity contribution < 1.29 is 0 Å². The lowest BCUT2D eigenvalue weighted by Crippen LogP contribution is -2.27. The topological polar surface area (TPSA) is 50.7 Å². The van der Waals surface area contributed by atoms with Crippen LogP contribution in [0.25, 0.3) is 16.9 Å². The number of hydrogen-bond acceptors (Lipinski definition) is 3. The highest BCUT2D eigenvalue weighted by Gasteiger charge is 2.17. The Balaban J connectivity index is 2.39. The number of aromatic nitrogens is 2. The van der Waals surface area contributed by atoms with Crippen molar-refractivity contribution in [2.24, 2.45) is 7.05 Å². The minimum absolute atomic E-state index is 0.0822. The van der Waals surface area contributed by atoms with E-state index in [0.29, 0.717) is 16.2 Å². The molecule has 1 aromatic heterocycles. The van der Waals surface area contributed by atoms with E-state index in [-0.39, 0.29) is 5.56 Å². The molecule has 0 radical (unpaired) electrons. The smallest absolute Gasteiger partial charge is 0.277 e. The molecule has 118 valence electrons. The van der Waals surface area contributed by atoms with Gasteiger partial charge in [0, 0.05) is 7.05 Å². The number of rotatable bonds is 2. The van der Waals surface area contributed by atoms with Crippen molar-refractivity contribution in [3.63, 3.8) is 0 Å². The van der Waals surface area contributed by atoms with Crippen LogP contribution in [0.3, 0.4) is 0 Å². The van der Waals surface area contributed by atoms with Crippen LogP contribution in [0.2, 0.25) is 0 Å². The second-order valence-electron chi connectivity index (χ2n) is 5.52. The Morgan fingerprint density at radius 1 is 1.04 bits per heavy atom. The predicted octanol–water partition coefficient (Wildman–Crippen LogP) is 3.75. The maximum absolute atomic E-state index is 12.9. The zero-order valence-electron chi connectivity index (χ0n) is 13.4. The molecular weight excluding hydrogens is 318 g/mol. The van der Waals surface area contributed by atoms with Gasteiger partial charge in [0.05, 0.1) is 11.4 Å². The fourth-order valence-corrected chi connectivity index (χ4v) is 2.95. The third-order valence-corrected chi connectivity index (χ3v) is 4.38. The molecular formula is C19H15N3OS. The summed E-state index contributed by atoms with van der Waals surface area (Å²) in [6.07, 6.45) is 0. The number of para-hydroxylation sites is 1. The van der Waals surface area contributed by atoms with Gasteiger partial charge in [-0.25, -0.2) is 0 Å². The number of aryl methyl sites for hydroxylation is 1. The fourth-order valence-electron chi connectivity index (χ4n) is 2.67. The van der Waals surface area contributed by atoms with Gasteiger partial charge in [-0.2, -0.15) is 5.26 Å². The summed E-state index contributed by atoms with van der Waals surface area (Å²) in [5.74, 6) is 0. The predicted molar refractivity (Wildman–Crippen MR) is 96.7 cm³/mol. The van der Waals surface area contributed by atoms with Crippen LogP contribution < -0.4 is 5.56 Å². The van der Waals surface area contributed by atoms with Gasteiger partial charge in [0.1, 0.15) is 11.6 Å². The van der Waals surface area contributed by atoms with E-state index in [2.05, 4.69) is 6.07 Å². The molecule has 0 amide bonds. The third-order valence-electron chi connectivity index (χ3n) is 3.92. The van der Waals surface area contributed by atoms with E-state index in [1.165, 1.54) is 4.57 Å². The van der Waals surface area contributed by atoms with Crippen molar-refractivity contribution in [3.05, 3.63) is 80.8 Å². The first kappa shape index (κ1) is 15.9. The fraction of sp³-hybridized carbons (Fsp3) is 0.105. The average Bonchev–Trinajstić information content (AvgIpc) is 2.60. The minimum Gasteiger partial charge on any atom is -0.319 e. The van der Waals surface area contributed by atoms with Crippen molar-refractivity contribution in [1.82, 2.24) is 9.13 Å². The monoisotopic (exact) mass is 333 g/mol. The van der Waals surface area contributed by atoms with Crippen LogP contribution >= 0.6 is 12.2 Å². The first-order chi connectivity index (χ1) is 11.5. The SMILES string of the molecule is Cc1ccc(-c2c(C#N)c(=O)n(-c3ccccc3)c(=S)n2C)cc1. The lowest BCUT2D eigenvalue weighted by atomic mass is 10.1. The average molecular weight is 333 g/mol. The second-order valence-corrected chi connectivity index (χ2v) is 5.88. The Kier molecular flexibility index (Phi) is 4.15. The van der Waals surface area contributed by atoms with Gasteiger partial charge in [0.2, 0.25) is 0 Å². The molecule has 0 bridgehead atoms. The lowest BCUT2D eigenvalue weighted by molar-refractivity contribution is 0.776. The van der Waals surface area contributed by atoms with E-state index in [4.69, 9.17) is 12.2 Å². The largest absolute Gasteiger partial charge is 0.319 e. The molecule has 0 N–H and O–H groups in total. The summed E-state index contributed by atoms with van der Waals surface area (Å²) >= 11 is 5.50. The number of nitriles is 1. The van der Waals surface area contributed by atoms with Crippen LogP contribution in [0.1, 0.15) is 11.1 Å². The quantitative estimate of drug-likeness (QED) is 0.671. The molecule has 24 heavy (non-hydrogen) atoms. The van der Waals surface area contributed by atoms with Crippen molar-refractivity contribution >= 4 is 12.2 Å². The molecule has 0 saturated heterocycles. The van der Waals surface area contributed by atoms with E-state index < -0.39 is 5.56 Å². The van der Waals surface area contributed by atoms with Gasteiger partial charge in [-0.15, -0.1) is 0 Å². The maximum Gasteiger partial charge on any atom is 0.277 e. The Hall–Kier alpha value is -2.97. The van der Waals surface area contributed by atoms with E-state index in [1.54, 1.807) is 23.7 Å². The molecule has 1 heterocycles. The van der Waals surface area contributed by atoms with E-state index >= 15 is 0 Å². The molecule has 2 aromatic carbocycles. The Bertz CT molecular complexity index is 1060. The van der Waals surface area contributed by atoms with Crippen LogP contribution in [0.4, 0.5) is 0 Å². The van der Waals surface area contributed by atoms with Crippen LogP contribution in [0.5, 0.6) is 0 Å². The molecule has 3 rings (SSSR count). The molecule has 0 aliphatic carbocycles. The minimum atomic E-state index is -0.401. The number of benzene rings is 2. The van der Waals surface area contributed by atoms with E-state index in [9.17, 15) is 10.1 Å². The zero-order valence-corrected chi connectivity index (χ0v) is 14.2. The first-order valence-electron chi connectivity index (χ1n) is 7.43. The van der Waals surface area contributed by atoms with Crippen molar-refractivity contribution in [3.8, 4) is 23.0 Å². The Morgan fingerprint density at radius 2 is 1.67 bits per heavy atom. The zero-order chi connectivity index (χ0) is 17.3. The summed E-state index contributed by atoms with van der Waals surface area (Å²) in [4.78, 5) is 12.9. The van der Waals surface area contributed by atoms with Gasteiger partial charge in [0.15, 0.2) is 4.77 Å². The van der Waals surface area contributed by atoms with Crippen molar-refractivity contribution in [2.75, 3.05) is 0 Å². The molecule has 0 spiro atoms. The van der Waals surface area contributed by atoms with Gasteiger partial charge in [-0.1, -0.05) is 48.0 Å². The summed E-state index contributed by atoms with van der Waals surface area (Å²) in [5.41, 5.74) is 2.77. The van der Waals surface area contributed by atoms with Crippen LogP contribution in [0.15, 0.2) is 59.4 Å². The molecule has 3 aromatic rings. The first-order valence-corrected chi connectivity index (χ1v) is 7.84. The number of nitrogens with zero attached hydrogens (tertiary/aromatic N) is 3. The molecule has 0 saturated carbocycles. The van der Waals surface area contributed by atoms with Gasteiger partial charge < -0.3 is 4.57 Å². The maximum atomic E-state index is 12.9. The highest BCUT2D eigenvalue weighted by molar-refractivity contribution is 7.71. The normalized spacial score (nSPS) is 10.4. The van der Waals surface area contributed by atoms with Crippen molar-refractivity contribution in [1.29, 1.82) is 5.26 Å². The van der Waals surface area contributed by atoms with Gasteiger partial charge in [-0.3, -0.25) is 9.36 Å². The summed E-state index contributed by atoms with van der Waals surface area (Å²) in [5, 5.41) is 9.59. The van der Waals surface area contributed by atoms with E-state index in [0.717, 1.165) is 11.1 Å².